The summed E-state index contributed by atoms with van der Waals surface area (Å²) in [5.74, 6) is 0. The van der Waals surface area contributed by atoms with Crippen LogP contribution < -0.4 is 4.90 Å². The summed E-state index contributed by atoms with van der Waals surface area (Å²) < 4.78 is 9.25. The van der Waals surface area contributed by atoms with E-state index in [0.717, 1.165) is 83.6 Å². The molecule has 0 aliphatic carbocycles. The third kappa shape index (κ3) is 6.21. The Morgan fingerprint density at radius 1 is 0.333 bits per heavy atom. The molecule has 10 aromatic carbocycles. The Bertz CT molecular complexity index is 3620. The summed E-state index contributed by atoms with van der Waals surface area (Å²) in [4.78, 5) is 2.41. The maximum absolute atomic E-state index is 6.86. The van der Waals surface area contributed by atoms with E-state index in [0.29, 0.717) is 0 Å². The zero-order chi connectivity index (χ0) is 41.7. The maximum Gasteiger partial charge on any atom is 0.159 e. The average Bonchev–Trinajstić information content (AvgIpc) is 3.91. The van der Waals surface area contributed by atoms with E-state index in [1.165, 1.54) is 27.4 Å². The van der Waals surface area contributed by atoms with Crippen molar-refractivity contribution < 1.29 is 4.42 Å². The van der Waals surface area contributed by atoms with Gasteiger partial charge >= 0.3 is 0 Å². The fourth-order valence-electron chi connectivity index (χ4n) is 9.58. The molecule has 3 heteroatoms. The molecule has 0 aliphatic heterocycles. The van der Waals surface area contributed by atoms with Crippen LogP contribution in [0.1, 0.15) is 0 Å². The first kappa shape index (κ1) is 36.5. The van der Waals surface area contributed by atoms with Gasteiger partial charge in [-0.05, 0) is 93.5 Å². The molecule has 0 saturated carbocycles. The van der Waals surface area contributed by atoms with Crippen LogP contribution in [0.2, 0.25) is 0 Å². The number of para-hydroxylation sites is 4. The molecule has 0 amide bonds. The summed E-state index contributed by atoms with van der Waals surface area (Å²) in [5, 5.41) is 4.64. The molecule has 296 valence electrons. The number of furan rings is 1. The van der Waals surface area contributed by atoms with Gasteiger partial charge in [0, 0.05) is 38.5 Å². The quantitative estimate of drug-likeness (QED) is 0.153. The fourth-order valence-corrected chi connectivity index (χ4v) is 9.58. The Labute approximate surface area is 366 Å². The monoisotopic (exact) mass is 804 g/mol. The first-order valence-corrected chi connectivity index (χ1v) is 21.5. The van der Waals surface area contributed by atoms with E-state index < -0.39 is 0 Å². The molecule has 0 radical (unpaired) electrons. The number of aromatic nitrogens is 1. The van der Waals surface area contributed by atoms with E-state index in [2.05, 4.69) is 246 Å². The van der Waals surface area contributed by atoms with Crippen LogP contribution in [0.25, 0.3) is 93.9 Å². The number of nitrogens with zero attached hydrogens (tertiary/aromatic N) is 2. The molecule has 0 aliphatic rings. The second-order valence-corrected chi connectivity index (χ2v) is 16.0. The van der Waals surface area contributed by atoms with Crippen LogP contribution in [0.3, 0.4) is 0 Å². The standard InChI is InChI=1S/C60H40N2O/c1-4-19-41(20-5-1)47-27-10-11-30-52(47)59-48(42-21-6-2-7-22-42)31-17-34-55(59)62(56-35-18-32-53-51-29-13-15-36-58(51)63-60(53)56)46-26-16-23-43(39-46)44-37-38-50-49-28-12-14-33-54(49)61(57(50)40-44)45-24-8-3-9-25-45/h1-40H. The first-order valence-electron chi connectivity index (χ1n) is 21.5. The van der Waals surface area contributed by atoms with Gasteiger partial charge in [-0.1, -0.05) is 188 Å². The lowest BCUT2D eigenvalue weighted by Crippen LogP contribution is -2.12. The highest BCUT2D eigenvalue weighted by atomic mass is 16.3. The van der Waals surface area contributed by atoms with Gasteiger partial charge < -0.3 is 13.9 Å². The molecule has 12 aromatic rings. The zero-order valence-electron chi connectivity index (χ0n) is 34.4. The lowest BCUT2D eigenvalue weighted by molar-refractivity contribution is 0.669. The molecular formula is C60H40N2O. The van der Waals surface area contributed by atoms with Crippen molar-refractivity contribution in [1.29, 1.82) is 0 Å². The van der Waals surface area contributed by atoms with Gasteiger partial charge in [-0.2, -0.15) is 0 Å². The fraction of sp³-hybridized carbons (Fsp3) is 0. The van der Waals surface area contributed by atoms with Gasteiger partial charge in [0.05, 0.1) is 22.4 Å². The summed E-state index contributed by atoms with van der Waals surface area (Å²) in [6.07, 6.45) is 0. The van der Waals surface area contributed by atoms with Crippen molar-refractivity contribution in [1.82, 2.24) is 4.57 Å². The molecular weight excluding hydrogens is 765 g/mol. The van der Waals surface area contributed by atoms with Crippen LogP contribution in [-0.2, 0) is 0 Å². The molecule has 0 unspecified atom stereocenters. The molecule has 12 rings (SSSR count). The number of anilines is 3. The van der Waals surface area contributed by atoms with Crippen molar-refractivity contribution in [3.8, 4) is 50.2 Å². The predicted octanol–water partition coefficient (Wildman–Crippen LogP) is 16.8. The van der Waals surface area contributed by atoms with Crippen LogP contribution >= 0.6 is 0 Å². The van der Waals surface area contributed by atoms with Gasteiger partial charge in [-0.25, -0.2) is 0 Å². The van der Waals surface area contributed by atoms with Crippen molar-refractivity contribution in [2.45, 2.75) is 0 Å². The van der Waals surface area contributed by atoms with Gasteiger partial charge in [0.25, 0.3) is 0 Å². The normalized spacial score (nSPS) is 11.5. The first-order chi connectivity index (χ1) is 31.3. The van der Waals surface area contributed by atoms with Gasteiger partial charge in [-0.3, -0.25) is 0 Å². The van der Waals surface area contributed by atoms with Crippen LogP contribution in [0, 0.1) is 0 Å². The van der Waals surface area contributed by atoms with E-state index in [-0.39, 0.29) is 0 Å². The third-order valence-corrected chi connectivity index (χ3v) is 12.4. The zero-order valence-corrected chi connectivity index (χ0v) is 34.4. The number of benzene rings is 10. The van der Waals surface area contributed by atoms with Crippen molar-refractivity contribution in [2.24, 2.45) is 0 Å². The van der Waals surface area contributed by atoms with Gasteiger partial charge in [0.1, 0.15) is 5.58 Å². The highest BCUT2D eigenvalue weighted by molar-refractivity contribution is 6.12. The Hall–Kier alpha value is -8.40. The number of rotatable bonds is 8. The molecule has 0 bridgehead atoms. The van der Waals surface area contributed by atoms with Crippen molar-refractivity contribution in [2.75, 3.05) is 4.90 Å². The molecule has 0 atom stereocenters. The third-order valence-electron chi connectivity index (χ3n) is 12.4. The second-order valence-electron chi connectivity index (χ2n) is 16.0. The highest BCUT2D eigenvalue weighted by Gasteiger charge is 2.26. The summed E-state index contributed by atoms with van der Waals surface area (Å²) in [7, 11) is 0. The Kier molecular flexibility index (Phi) is 8.83. The van der Waals surface area contributed by atoms with Crippen molar-refractivity contribution in [3.05, 3.63) is 243 Å². The topological polar surface area (TPSA) is 21.3 Å². The SMILES string of the molecule is c1ccc(-c2ccccc2-c2c(-c3ccccc3)cccc2N(c2cccc(-c3ccc4c5ccccc5n(-c5ccccc5)c4c3)c2)c2cccc3c2oc2ccccc23)cc1. The van der Waals surface area contributed by atoms with Crippen molar-refractivity contribution in [3.63, 3.8) is 0 Å². The molecule has 0 spiro atoms. The van der Waals surface area contributed by atoms with Gasteiger partial charge in [0.2, 0.25) is 0 Å². The number of fused-ring (bicyclic) bond motifs is 6. The minimum atomic E-state index is 0.838. The Morgan fingerprint density at radius 2 is 0.889 bits per heavy atom. The second kappa shape index (κ2) is 15.3. The maximum atomic E-state index is 6.86. The molecule has 63 heavy (non-hydrogen) atoms. The smallest absolute Gasteiger partial charge is 0.159 e. The van der Waals surface area contributed by atoms with Crippen LogP contribution in [-0.4, -0.2) is 4.57 Å². The highest BCUT2D eigenvalue weighted by Crippen LogP contribution is 2.50. The molecule has 0 saturated heterocycles. The van der Waals surface area contributed by atoms with Gasteiger partial charge in [-0.15, -0.1) is 0 Å². The van der Waals surface area contributed by atoms with E-state index in [4.69, 9.17) is 4.42 Å². The molecule has 2 heterocycles. The van der Waals surface area contributed by atoms with E-state index in [1.54, 1.807) is 0 Å². The van der Waals surface area contributed by atoms with Crippen LogP contribution in [0.4, 0.5) is 17.1 Å². The minimum absolute atomic E-state index is 0.838. The number of hydrogen-bond donors (Lipinski definition) is 0. The summed E-state index contributed by atoms with van der Waals surface area (Å²) in [6.45, 7) is 0. The summed E-state index contributed by atoms with van der Waals surface area (Å²) >= 11 is 0. The van der Waals surface area contributed by atoms with E-state index >= 15 is 0 Å². The lowest BCUT2D eigenvalue weighted by Gasteiger charge is -2.30. The number of hydrogen-bond acceptors (Lipinski definition) is 2. The average molecular weight is 805 g/mol. The lowest BCUT2D eigenvalue weighted by atomic mass is 9.87. The van der Waals surface area contributed by atoms with Crippen molar-refractivity contribution >= 4 is 60.8 Å². The summed E-state index contributed by atoms with van der Waals surface area (Å²) in [6, 6.07) is 87.1. The molecule has 0 fully saturated rings. The predicted molar refractivity (Wildman–Crippen MR) is 264 cm³/mol. The van der Waals surface area contributed by atoms with Crippen LogP contribution in [0.15, 0.2) is 247 Å². The molecule has 0 N–H and O–H groups in total. The van der Waals surface area contributed by atoms with E-state index in [9.17, 15) is 0 Å². The minimum Gasteiger partial charge on any atom is -0.454 e. The van der Waals surface area contributed by atoms with Crippen LogP contribution in [0.5, 0.6) is 0 Å². The Morgan fingerprint density at radius 3 is 1.70 bits per heavy atom. The summed E-state index contributed by atoms with van der Waals surface area (Å²) in [5.41, 5.74) is 17.4. The largest absolute Gasteiger partial charge is 0.454 e. The van der Waals surface area contributed by atoms with E-state index in [1.807, 2.05) is 6.07 Å². The molecule has 2 aromatic heterocycles. The Balaban J connectivity index is 1.13. The molecule has 3 nitrogen and oxygen atoms in total. The van der Waals surface area contributed by atoms with Gasteiger partial charge in [0.15, 0.2) is 5.58 Å².